The number of aryl methyl sites for hydroxylation is 1. The molecular formula is C17H12N6O2S. The van der Waals surface area contributed by atoms with E-state index < -0.39 is 5.91 Å². The first kappa shape index (κ1) is 16.0. The van der Waals surface area contributed by atoms with Crippen molar-refractivity contribution in [2.75, 3.05) is 5.32 Å². The van der Waals surface area contributed by atoms with Crippen LogP contribution in [0.3, 0.4) is 0 Å². The number of thiazole rings is 1. The minimum Gasteiger partial charge on any atom is -0.438 e. The Morgan fingerprint density at radius 2 is 2.04 bits per heavy atom. The van der Waals surface area contributed by atoms with Crippen molar-refractivity contribution >= 4 is 22.4 Å². The molecule has 0 aliphatic heterocycles. The number of amides is 1. The highest BCUT2D eigenvalue weighted by atomic mass is 32.1. The molecule has 1 N–H and O–H groups in total. The van der Waals surface area contributed by atoms with Crippen molar-refractivity contribution in [1.82, 2.24) is 24.9 Å². The third-order valence-electron chi connectivity index (χ3n) is 3.56. The summed E-state index contributed by atoms with van der Waals surface area (Å²) in [6.45, 7) is 1.96. The number of pyridine rings is 1. The number of hydrogen-bond donors (Lipinski definition) is 1. The van der Waals surface area contributed by atoms with E-state index in [0.717, 1.165) is 11.3 Å². The normalized spacial score (nSPS) is 10.7. The van der Waals surface area contributed by atoms with Crippen LogP contribution in [0.5, 0.6) is 0 Å². The van der Waals surface area contributed by atoms with Gasteiger partial charge < -0.3 is 4.42 Å². The highest BCUT2D eigenvalue weighted by Crippen LogP contribution is 2.26. The Balaban J connectivity index is 1.57. The third-order valence-corrected chi connectivity index (χ3v) is 4.31. The van der Waals surface area contributed by atoms with Gasteiger partial charge in [-0.25, -0.2) is 9.97 Å². The molecule has 0 saturated carbocycles. The first-order valence-corrected chi connectivity index (χ1v) is 8.49. The van der Waals surface area contributed by atoms with Gasteiger partial charge in [0, 0.05) is 24.0 Å². The van der Waals surface area contributed by atoms with Gasteiger partial charge in [-0.05, 0) is 18.6 Å². The van der Waals surface area contributed by atoms with Gasteiger partial charge in [0.05, 0.1) is 11.9 Å². The van der Waals surface area contributed by atoms with Gasteiger partial charge in [0.25, 0.3) is 5.91 Å². The van der Waals surface area contributed by atoms with Crippen LogP contribution in [-0.4, -0.2) is 30.8 Å². The van der Waals surface area contributed by atoms with Crippen LogP contribution in [0.15, 0.2) is 53.1 Å². The van der Waals surface area contributed by atoms with E-state index in [1.807, 2.05) is 24.4 Å². The van der Waals surface area contributed by atoms with Crippen LogP contribution in [0, 0.1) is 6.92 Å². The molecule has 0 fully saturated rings. The molecule has 4 aromatic heterocycles. The van der Waals surface area contributed by atoms with Crippen LogP contribution in [0.2, 0.25) is 0 Å². The lowest BCUT2D eigenvalue weighted by molar-refractivity contribution is 0.0997. The van der Waals surface area contributed by atoms with Crippen molar-refractivity contribution in [2.24, 2.45) is 0 Å². The summed E-state index contributed by atoms with van der Waals surface area (Å²) in [5.41, 5.74) is 3.28. The number of hydrogen-bond acceptors (Lipinski definition) is 8. The van der Waals surface area contributed by atoms with Crippen molar-refractivity contribution < 1.29 is 9.21 Å². The zero-order chi connectivity index (χ0) is 17.9. The Bertz CT molecular complexity index is 1060. The first-order valence-electron chi connectivity index (χ1n) is 7.61. The fourth-order valence-corrected chi connectivity index (χ4v) is 3.05. The molecule has 0 atom stereocenters. The lowest BCUT2D eigenvalue weighted by atomic mass is 10.2. The van der Waals surface area contributed by atoms with Crippen LogP contribution < -0.4 is 5.32 Å². The van der Waals surface area contributed by atoms with E-state index in [1.165, 1.54) is 30.1 Å². The Hall–Kier alpha value is -3.46. The maximum Gasteiger partial charge on any atom is 0.295 e. The molecule has 0 aromatic carbocycles. The van der Waals surface area contributed by atoms with E-state index in [-0.39, 0.29) is 5.76 Å². The number of nitrogens with one attached hydrogen (secondary N) is 1. The molecule has 0 aliphatic rings. The van der Waals surface area contributed by atoms with Crippen molar-refractivity contribution in [3.05, 3.63) is 60.0 Å². The molecule has 0 unspecified atom stereocenters. The standard InChI is InChI=1S/C17H12N6O2S/c1-10-3-2-4-20-13(10)12-8-26-17(22-12)23-16(24)15-14(21-9-25-15)11-7-18-5-6-19-11/h2-9H,1H3,(H,22,23,24). The number of aromatic nitrogens is 5. The first-order chi connectivity index (χ1) is 12.7. The highest BCUT2D eigenvalue weighted by molar-refractivity contribution is 7.14. The summed E-state index contributed by atoms with van der Waals surface area (Å²) < 4.78 is 5.24. The molecular weight excluding hydrogens is 352 g/mol. The Morgan fingerprint density at radius 1 is 1.12 bits per heavy atom. The molecule has 8 nitrogen and oxygen atoms in total. The predicted molar refractivity (Wildman–Crippen MR) is 95.6 cm³/mol. The smallest absolute Gasteiger partial charge is 0.295 e. The van der Waals surface area contributed by atoms with Gasteiger partial charge in [0.15, 0.2) is 11.5 Å². The van der Waals surface area contributed by atoms with E-state index in [1.54, 1.807) is 12.4 Å². The predicted octanol–water partition coefficient (Wildman–Crippen LogP) is 3.21. The van der Waals surface area contributed by atoms with E-state index in [9.17, 15) is 4.79 Å². The number of anilines is 1. The molecule has 0 aliphatic carbocycles. The zero-order valence-electron chi connectivity index (χ0n) is 13.6. The average molecular weight is 364 g/mol. The molecule has 4 heterocycles. The van der Waals surface area contributed by atoms with Crippen LogP contribution in [0.4, 0.5) is 5.13 Å². The van der Waals surface area contributed by atoms with Gasteiger partial charge in [-0.3, -0.25) is 25.1 Å². The third kappa shape index (κ3) is 3.07. The summed E-state index contributed by atoms with van der Waals surface area (Å²) in [7, 11) is 0. The van der Waals surface area contributed by atoms with Gasteiger partial charge in [-0.15, -0.1) is 11.3 Å². The molecule has 128 valence electrons. The van der Waals surface area contributed by atoms with E-state index in [2.05, 4.69) is 30.2 Å². The minimum absolute atomic E-state index is 0.0521. The van der Waals surface area contributed by atoms with Crippen LogP contribution in [-0.2, 0) is 0 Å². The maximum atomic E-state index is 12.5. The van der Waals surface area contributed by atoms with Gasteiger partial charge in [0.1, 0.15) is 17.1 Å². The Kier molecular flexibility index (Phi) is 4.20. The fourth-order valence-electron chi connectivity index (χ4n) is 2.36. The quantitative estimate of drug-likeness (QED) is 0.592. The molecule has 0 saturated heterocycles. The van der Waals surface area contributed by atoms with Gasteiger partial charge in [-0.1, -0.05) is 6.07 Å². The fraction of sp³-hybridized carbons (Fsp3) is 0.0588. The summed E-state index contributed by atoms with van der Waals surface area (Å²) in [5.74, 6) is -0.405. The van der Waals surface area contributed by atoms with Crippen molar-refractivity contribution in [3.63, 3.8) is 0 Å². The summed E-state index contributed by atoms with van der Waals surface area (Å²) in [6.07, 6.45) is 7.49. The lowest BCUT2D eigenvalue weighted by Crippen LogP contribution is -2.12. The van der Waals surface area contributed by atoms with Gasteiger partial charge in [0.2, 0.25) is 5.76 Å². The second-order valence-electron chi connectivity index (χ2n) is 5.28. The van der Waals surface area contributed by atoms with Crippen molar-refractivity contribution in [3.8, 4) is 22.8 Å². The molecule has 0 spiro atoms. The molecule has 9 heteroatoms. The Labute approximate surface area is 152 Å². The van der Waals surface area contributed by atoms with Crippen LogP contribution in [0.25, 0.3) is 22.8 Å². The lowest BCUT2D eigenvalue weighted by Gasteiger charge is -2.01. The number of rotatable bonds is 4. The number of carbonyl (C=O) groups is 1. The van der Waals surface area contributed by atoms with Crippen molar-refractivity contribution in [2.45, 2.75) is 6.92 Å². The second kappa shape index (κ2) is 6.81. The topological polar surface area (TPSA) is 107 Å². The molecule has 4 aromatic rings. The molecule has 4 rings (SSSR count). The summed E-state index contributed by atoms with van der Waals surface area (Å²) in [5, 5.41) is 5.01. The summed E-state index contributed by atoms with van der Waals surface area (Å²) >= 11 is 1.31. The zero-order valence-corrected chi connectivity index (χ0v) is 14.4. The SMILES string of the molecule is Cc1cccnc1-c1csc(NC(=O)c2ocnc2-c2cnccn2)n1. The average Bonchev–Trinajstić information content (AvgIpc) is 3.32. The summed E-state index contributed by atoms with van der Waals surface area (Å²) in [6, 6.07) is 3.83. The molecule has 26 heavy (non-hydrogen) atoms. The van der Waals surface area contributed by atoms with Crippen LogP contribution in [0.1, 0.15) is 16.1 Å². The maximum absolute atomic E-state index is 12.5. The van der Waals surface area contributed by atoms with Crippen molar-refractivity contribution in [1.29, 1.82) is 0 Å². The number of nitrogens with zero attached hydrogens (tertiary/aromatic N) is 5. The van der Waals surface area contributed by atoms with E-state index in [4.69, 9.17) is 4.42 Å². The minimum atomic E-state index is -0.457. The largest absolute Gasteiger partial charge is 0.438 e. The van der Waals surface area contributed by atoms with Crippen LogP contribution >= 0.6 is 11.3 Å². The summed E-state index contributed by atoms with van der Waals surface area (Å²) in [4.78, 5) is 33.5. The number of oxazole rings is 1. The highest BCUT2D eigenvalue weighted by Gasteiger charge is 2.21. The van der Waals surface area contributed by atoms with E-state index >= 15 is 0 Å². The van der Waals surface area contributed by atoms with E-state index in [0.29, 0.717) is 22.2 Å². The number of carbonyl (C=O) groups excluding carboxylic acids is 1. The molecule has 1 amide bonds. The monoisotopic (exact) mass is 364 g/mol. The van der Waals surface area contributed by atoms with Gasteiger partial charge >= 0.3 is 0 Å². The van der Waals surface area contributed by atoms with Gasteiger partial charge in [-0.2, -0.15) is 0 Å². The molecule has 0 radical (unpaired) electrons. The second-order valence-corrected chi connectivity index (χ2v) is 6.14. The molecule has 0 bridgehead atoms. The Morgan fingerprint density at radius 3 is 2.85 bits per heavy atom.